The first-order valence-electron chi connectivity index (χ1n) is 9.84. The summed E-state index contributed by atoms with van der Waals surface area (Å²) in [6.45, 7) is 6.40. The number of amides is 1. The Kier molecular flexibility index (Phi) is 7.12. The third-order valence-corrected chi connectivity index (χ3v) is 5.17. The first-order chi connectivity index (χ1) is 14.9. The second kappa shape index (κ2) is 9.97. The van der Waals surface area contributed by atoms with E-state index < -0.39 is 5.91 Å². The Morgan fingerprint density at radius 1 is 1.06 bits per heavy atom. The van der Waals surface area contributed by atoms with E-state index in [2.05, 4.69) is 11.4 Å². The number of carbonyl (C=O) groups is 1. The van der Waals surface area contributed by atoms with Crippen LogP contribution < -0.4 is 10.1 Å². The normalized spacial score (nSPS) is 11.0. The SMILES string of the molecule is Cc1cccc(COc2ccc(/C=C(\C#N)C(=O)Nc3ccc(C)c(C)c3)cc2Cl)c1. The molecule has 3 rings (SSSR count). The summed E-state index contributed by atoms with van der Waals surface area (Å²) in [6.07, 6.45) is 1.51. The molecular formula is C26H23ClN2O2. The summed E-state index contributed by atoms with van der Waals surface area (Å²) in [5.41, 5.74) is 5.68. The second-order valence-electron chi connectivity index (χ2n) is 7.39. The van der Waals surface area contributed by atoms with Crippen molar-refractivity contribution in [3.05, 3.63) is 99.1 Å². The standard InChI is InChI=1S/C26H23ClN2O2/c1-17-5-4-6-21(11-17)16-31-25-10-8-20(14-24(25)27)13-22(15-28)26(30)29-23-9-7-18(2)19(3)12-23/h4-14H,16H2,1-3H3,(H,29,30)/b22-13+. The predicted molar refractivity (Wildman–Crippen MR) is 125 cm³/mol. The van der Waals surface area contributed by atoms with Gasteiger partial charge in [-0.05, 0) is 73.4 Å². The van der Waals surface area contributed by atoms with E-state index in [4.69, 9.17) is 16.3 Å². The van der Waals surface area contributed by atoms with Crippen LogP contribution in [0.4, 0.5) is 5.69 Å². The van der Waals surface area contributed by atoms with Crippen molar-refractivity contribution in [1.82, 2.24) is 0 Å². The number of halogens is 1. The minimum absolute atomic E-state index is 0.0114. The number of nitriles is 1. The summed E-state index contributed by atoms with van der Waals surface area (Å²) in [4.78, 5) is 12.5. The number of carbonyl (C=O) groups excluding carboxylic acids is 1. The topological polar surface area (TPSA) is 62.1 Å². The molecule has 156 valence electrons. The Bertz CT molecular complexity index is 1190. The molecule has 1 amide bonds. The summed E-state index contributed by atoms with van der Waals surface area (Å²) >= 11 is 6.36. The Morgan fingerprint density at radius 2 is 1.87 bits per heavy atom. The molecule has 1 N–H and O–H groups in total. The van der Waals surface area contributed by atoms with Gasteiger partial charge in [0.1, 0.15) is 24.0 Å². The number of aryl methyl sites for hydroxylation is 3. The van der Waals surface area contributed by atoms with Crippen LogP contribution in [-0.4, -0.2) is 5.91 Å². The number of nitrogens with one attached hydrogen (secondary N) is 1. The lowest BCUT2D eigenvalue weighted by molar-refractivity contribution is -0.112. The first kappa shape index (κ1) is 22.1. The molecule has 0 saturated heterocycles. The van der Waals surface area contributed by atoms with Crippen molar-refractivity contribution in [3.63, 3.8) is 0 Å². The summed E-state index contributed by atoms with van der Waals surface area (Å²) in [5, 5.41) is 12.6. The van der Waals surface area contributed by atoms with Crippen LogP contribution in [0.25, 0.3) is 6.08 Å². The molecule has 0 fully saturated rings. The highest BCUT2D eigenvalue weighted by atomic mass is 35.5. The fraction of sp³-hybridized carbons (Fsp3) is 0.154. The van der Waals surface area contributed by atoms with Crippen molar-refractivity contribution >= 4 is 29.3 Å². The van der Waals surface area contributed by atoms with E-state index in [1.807, 2.05) is 63.2 Å². The molecule has 3 aromatic carbocycles. The molecule has 0 aromatic heterocycles. The zero-order chi connectivity index (χ0) is 22.4. The number of rotatable bonds is 6. The van der Waals surface area contributed by atoms with Gasteiger partial charge in [-0.3, -0.25) is 4.79 Å². The van der Waals surface area contributed by atoms with Crippen LogP contribution in [0.1, 0.15) is 27.8 Å². The quantitative estimate of drug-likeness (QED) is 0.364. The monoisotopic (exact) mass is 430 g/mol. The van der Waals surface area contributed by atoms with Gasteiger partial charge in [-0.25, -0.2) is 0 Å². The number of hydrogen-bond donors (Lipinski definition) is 1. The van der Waals surface area contributed by atoms with Gasteiger partial charge in [-0.1, -0.05) is 53.6 Å². The van der Waals surface area contributed by atoms with Gasteiger partial charge in [0.15, 0.2) is 0 Å². The molecule has 31 heavy (non-hydrogen) atoms. The Labute approximate surface area is 187 Å². The van der Waals surface area contributed by atoms with Gasteiger partial charge in [0, 0.05) is 5.69 Å². The van der Waals surface area contributed by atoms with E-state index in [0.717, 1.165) is 22.3 Å². The van der Waals surface area contributed by atoms with Crippen molar-refractivity contribution in [3.8, 4) is 11.8 Å². The van der Waals surface area contributed by atoms with Crippen molar-refractivity contribution in [1.29, 1.82) is 5.26 Å². The fourth-order valence-corrected chi connectivity index (χ4v) is 3.26. The molecule has 0 saturated carbocycles. The third kappa shape index (κ3) is 5.97. The van der Waals surface area contributed by atoms with Crippen LogP contribution in [0.15, 0.2) is 66.2 Å². The number of benzene rings is 3. The Balaban J connectivity index is 1.71. The first-order valence-corrected chi connectivity index (χ1v) is 10.2. The van der Waals surface area contributed by atoms with Gasteiger partial charge in [-0.2, -0.15) is 5.26 Å². The third-order valence-electron chi connectivity index (χ3n) is 4.87. The number of nitrogens with zero attached hydrogens (tertiary/aromatic N) is 1. The maximum absolute atomic E-state index is 12.5. The highest BCUT2D eigenvalue weighted by molar-refractivity contribution is 6.32. The maximum atomic E-state index is 12.5. The smallest absolute Gasteiger partial charge is 0.266 e. The van der Waals surface area contributed by atoms with Gasteiger partial charge in [0.25, 0.3) is 5.91 Å². The van der Waals surface area contributed by atoms with Crippen LogP contribution in [-0.2, 0) is 11.4 Å². The van der Waals surface area contributed by atoms with Gasteiger partial charge in [-0.15, -0.1) is 0 Å². The lowest BCUT2D eigenvalue weighted by Crippen LogP contribution is -2.13. The van der Waals surface area contributed by atoms with E-state index in [1.165, 1.54) is 6.08 Å². The van der Waals surface area contributed by atoms with Gasteiger partial charge in [0.2, 0.25) is 0 Å². The van der Waals surface area contributed by atoms with Crippen LogP contribution in [0.5, 0.6) is 5.75 Å². The van der Waals surface area contributed by atoms with Crippen LogP contribution >= 0.6 is 11.6 Å². The summed E-state index contributed by atoms with van der Waals surface area (Å²) in [6, 6.07) is 20.8. The van der Waals surface area contributed by atoms with E-state index in [9.17, 15) is 10.1 Å². The lowest BCUT2D eigenvalue weighted by atomic mass is 10.1. The molecule has 0 unspecified atom stereocenters. The predicted octanol–water partition coefficient (Wildman–Crippen LogP) is 6.39. The Morgan fingerprint density at radius 3 is 2.55 bits per heavy atom. The molecule has 5 heteroatoms. The maximum Gasteiger partial charge on any atom is 0.266 e. The second-order valence-corrected chi connectivity index (χ2v) is 7.80. The molecule has 0 atom stereocenters. The molecule has 0 bridgehead atoms. The Hall–Kier alpha value is -3.55. The van der Waals surface area contributed by atoms with Crippen molar-refractivity contribution in [2.24, 2.45) is 0 Å². The highest BCUT2D eigenvalue weighted by Gasteiger charge is 2.11. The van der Waals surface area contributed by atoms with E-state index >= 15 is 0 Å². The van der Waals surface area contributed by atoms with E-state index in [0.29, 0.717) is 28.6 Å². The minimum atomic E-state index is -0.471. The zero-order valence-electron chi connectivity index (χ0n) is 17.7. The molecule has 3 aromatic rings. The molecule has 0 radical (unpaired) electrons. The largest absolute Gasteiger partial charge is 0.487 e. The van der Waals surface area contributed by atoms with Gasteiger partial charge in [0.05, 0.1) is 5.02 Å². The summed E-state index contributed by atoms with van der Waals surface area (Å²) in [5.74, 6) is 0.0695. The average molecular weight is 431 g/mol. The molecule has 0 heterocycles. The van der Waals surface area contributed by atoms with Crippen molar-refractivity contribution in [2.45, 2.75) is 27.4 Å². The number of hydrogen-bond acceptors (Lipinski definition) is 3. The fourth-order valence-electron chi connectivity index (χ4n) is 3.02. The molecule has 0 spiro atoms. The molecular weight excluding hydrogens is 408 g/mol. The summed E-state index contributed by atoms with van der Waals surface area (Å²) in [7, 11) is 0. The zero-order valence-corrected chi connectivity index (χ0v) is 18.5. The lowest BCUT2D eigenvalue weighted by Gasteiger charge is -2.10. The van der Waals surface area contributed by atoms with E-state index in [1.54, 1.807) is 18.2 Å². The molecule has 0 aliphatic rings. The van der Waals surface area contributed by atoms with Gasteiger partial charge >= 0.3 is 0 Å². The van der Waals surface area contributed by atoms with Crippen LogP contribution in [0.2, 0.25) is 5.02 Å². The van der Waals surface area contributed by atoms with E-state index in [-0.39, 0.29) is 5.57 Å². The van der Waals surface area contributed by atoms with Gasteiger partial charge < -0.3 is 10.1 Å². The number of anilines is 1. The molecule has 4 nitrogen and oxygen atoms in total. The minimum Gasteiger partial charge on any atom is -0.487 e. The van der Waals surface area contributed by atoms with Crippen LogP contribution in [0.3, 0.4) is 0 Å². The molecule has 0 aliphatic heterocycles. The van der Waals surface area contributed by atoms with Crippen molar-refractivity contribution in [2.75, 3.05) is 5.32 Å². The van der Waals surface area contributed by atoms with Crippen LogP contribution in [0, 0.1) is 32.1 Å². The number of ether oxygens (including phenoxy) is 1. The average Bonchev–Trinajstić information content (AvgIpc) is 2.74. The highest BCUT2D eigenvalue weighted by Crippen LogP contribution is 2.27. The molecule has 0 aliphatic carbocycles. The summed E-state index contributed by atoms with van der Waals surface area (Å²) < 4.78 is 5.81. The van der Waals surface area contributed by atoms with Crippen molar-refractivity contribution < 1.29 is 9.53 Å².